The Hall–Kier alpha value is -2.99. The van der Waals surface area contributed by atoms with Gasteiger partial charge in [0.05, 0.1) is 10.6 Å². The maximum absolute atomic E-state index is 12.2. The van der Waals surface area contributed by atoms with Crippen molar-refractivity contribution in [1.82, 2.24) is 25.0 Å². The summed E-state index contributed by atoms with van der Waals surface area (Å²) < 4.78 is 35.3. The van der Waals surface area contributed by atoms with Gasteiger partial charge in [-0.1, -0.05) is 23.0 Å². The molecule has 0 aliphatic heterocycles. The number of alkyl halides is 2. The summed E-state index contributed by atoms with van der Waals surface area (Å²) in [7, 11) is 0. The van der Waals surface area contributed by atoms with E-state index in [0.717, 1.165) is 4.88 Å². The zero-order chi connectivity index (χ0) is 19.5. The Labute approximate surface area is 165 Å². The van der Waals surface area contributed by atoms with Gasteiger partial charge in [0, 0.05) is 5.56 Å². The van der Waals surface area contributed by atoms with Crippen LogP contribution < -0.4 is 10.6 Å². The Kier molecular flexibility index (Phi) is 5.21. The number of nitrogen functional groups attached to an aromatic ring is 1. The monoisotopic (exact) mass is 422 g/mol. The molecule has 0 bridgehead atoms. The highest BCUT2D eigenvalue weighted by molar-refractivity contribution is 7.98. The van der Waals surface area contributed by atoms with Gasteiger partial charge in [-0.2, -0.15) is 13.8 Å². The van der Waals surface area contributed by atoms with Crippen LogP contribution in [0.5, 0.6) is 5.75 Å². The fourth-order valence-electron chi connectivity index (χ4n) is 2.30. The molecule has 0 saturated heterocycles. The second kappa shape index (κ2) is 7.94. The quantitative estimate of drug-likeness (QED) is 0.355. The van der Waals surface area contributed by atoms with E-state index >= 15 is 0 Å². The molecular weight excluding hydrogens is 410 g/mol. The molecule has 0 fully saturated rings. The standard InChI is InChI=1S/C16H12F2N6O2S2/c17-15(18)25-10-5-3-9(4-6-10)14-21-22-16(24(14)19)28-8-12-20-13(23-26-12)11-2-1-7-27-11/h1-7,15H,8,19H2. The zero-order valence-corrected chi connectivity index (χ0v) is 15.7. The number of benzene rings is 1. The second-order valence-corrected chi connectivity index (χ2v) is 7.25. The van der Waals surface area contributed by atoms with Crippen LogP contribution in [0.4, 0.5) is 8.78 Å². The van der Waals surface area contributed by atoms with Crippen molar-refractivity contribution in [2.75, 3.05) is 5.84 Å². The molecule has 144 valence electrons. The van der Waals surface area contributed by atoms with Crippen molar-refractivity contribution >= 4 is 23.1 Å². The topological polar surface area (TPSA) is 105 Å². The first-order valence-electron chi connectivity index (χ1n) is 7.85. The van der Waals surface area contributed by atoms with Crippen LogP contribution in [0.25, 0.3) is 22.1 Å². The van der Waals surface area contributed by atoms with E-state index in [4.69, 9.17) is 10.4 Å². The summed E-state index contributed by atoms with van der Waals surface area (Å²) in [5.41, 5.74) is 0.612. The van der Waals surface area contributed by atoms with Crippen molar-refractivity contribution in [3.05, 3.63) is 47.7 Å². The minimum atomic E-state index is -2.88. The summed E-state index contributed by atoms with van der Waals surface area (Å²) >= 11 is 2.81. The van der Waals surface area contributed by atoms with Gasteiger partial charge in [0.25, 0.3) is 0 Å². The molecule has 8 nitrogen and oxygen atoms in total. The van der Waals surface area contributed by atoms with Gasteiger partial charge in [0.15, 0.2) is 5.82 Å². The lowest BCUT2D eigenvalue weighted by Gasteiger charge is -2.06. The first-order chi connectivity index (χ1) is 13.6. The lowest BCUT2D eigenvalue weighted by Crippen LogP contribution is -2.11. The summed E-state index contributed by atoms with van der Waals surface area (Å²) in [6.07, 6.45) is 0. The maximum atomic E-state index is 12.2. The number of hydrogen-bond acceptors (Lipinski definition) is 9. The van der Waals surface area contributed by atoms with Crippen molar-refractivity contribution in [3.8, 4) is 27.8 Å². The molecule has 28 heavy (non-hydrogen) atoms. The minimum Gasteiger partial charge on any atom is -0.435 e. The Morgan fingerprint density at radius 1 is 1.21 bits per heavy atom. The number of nitrogens with zero attached hydrogens (tertiary/aromatic N) is 5. The Balaban J connectivity index is 1.44. The van der Waals surface area contributed by atoms with Gasteiger partial charge in [-0.3, -0.25) is 0 Å². The van der Waals surface area contributed by atoms with Crippen LogP contribution in [0.1, 0.15) is 5.89 Å². The van der Waals surface area contributed by atoms with Gasteiger partial charge in [-0.25, -0.2) is 4.68 Å². The molecule has 4 rings (SSSR count). The van der Waals surface area contributed by atoms with Crippen molar-refractivity contribution < 1.29 is 18.0 Å². The lowest BCUT2D eigenvalue weighted by molar-refractivity contribution is -0.0498. The molecule has 2 N–H and O–H groups in total. The summed E-state index contributed by atoms with van der Waals surface area (Å²) in [6, 6.07) is 9.79. The average molecular weight is 422 g/mol. The van der Waals surface area contributed by atoms with Gasteiger partial charge in [-0.05, 0) is 35.7 Å². The highest BCUT2D eigenvalue weighted by Gasteiger charge is 2.15. The minimum absolute atomic E-state index is 0.0503. The van der Waals surface area contributed by atoms with E-state index in [9.17, 15) is 8.78 Å². The van der Waals surface area contributed by atoms with E-state index in [1.165, 1.54) is 39.9 Å². The number of thiophene rings is 1. The molecule has 0 amide bonds. The number of rotatable bonds is 7. The molecule has 1 aromatic carbocycles. The van der Waals surface area contributed by atoms with E-state index in [1.807, 2.05) is 17.5 Å². The molecule has 0 saturated carbocycles. The predicted molar refractivity (Wildman–Crippen MR) is 99.4 cm³/mol. The van der Waals surface area contributed by atoms with Crippen molar-refractivity contribution in [2.24, 2.45) is 0 Å². The van der Waals surface area contributed by atoms with Gasteiger partial charge < -0.3 is 15.1 Å². The van der Waals surface area contributed by atoms with Crippen LogP contribution in [0, 0.1) is 0 Å². The molecule has 0 atom stereocenters. The molecule has 3 aromatic heterocycles. The molecule has 12 heteroatoms. The van der Waals surface area contributed by atoms with Crippen LogP contribution in [-0.2, 0) is 5.75 Å². The smallest absolute Gasteiger partial charge is 0.387 e. The highest BCUT2D eigenvalue weighted by atomic mass is 32.2. The van der Waals surface area contributed by atoms with Crippen LogP contribution >= 0.6 is 23.1 Å². The first-order valence-corrected chi connectivity index (χ1v) is 9.71. The largest absolute Gasteiger partial charge is 0.435 e. The van der Waals surface area contributed by atoms with Gasteiger partial charge in [-0.15, -0.1) is 21.5 Å². The molecule has 3 heterocycles. The predicted octanol–water partition coefficient (Wildman–Crippen LogP) is 3.66. The normalized spacial score (nSPS) is 11.2. The fourth-order valence-corrected chi connectivity index (χ4v) is 3.65. The van der Waals surface area contributed by atoms with E-state index in [1.54, 1.807) is 12.1 Å². The molecule has 0 aliphatic rings. The molecule has 0 aliphatic carbocycles. The Bertz CT molecular complexity index is 1050. The highest BCUT2D eigenvalue weighted by Crippen LogP contribution is 2.27. The van der Waals surface area contributed by atoms with Crippen LogP contribution in [0.2, 0.25) is 0 Å². The number of aromatic nitrogens is 5. The summed E-state index contributed by atoms with van der Waals surface area (Å²) in [4.78, 5) is 5.25. The zero-order valence-electron chi connectivity index (χ0n) is 14.0. The van der Waals surface area contributed by atoms with Crippen molar-refractivity contribution in [1.29, 1.82) is 0 Å². The SMILES string of the molecule is Nn1c(SCc2nc(-c3cccs3)no2)nnc1-c1ccc(OC(F)F)cc1. The van der Waals surface area contributed by atoms with Crippen LogP contribution in [-0.4, -0.2) is 31.6 Å². The fraction of sp³-hybridized carbons (Fsp3) is 0.125. The van der Waals surface area contributed by atoms with Crippen LogP contribution in [0.3, 0.4) is 0 Å². The molecule has 4 aromatic rings. The second-order valence-electron chi connectivity index (χ2n) is 5.36. The number of thioether (sulfide) groups is 1. The third-order valence-corrected chi connectivity index (χ3v) is 5.33. The number of halogens is 2. The Morgan fingerprint density at radius 3 is 2.75 bits per heavy atom. The van der Waals surface area contributed by atoms with Crippen LogP contribution in [0.15, 0.2) is 51.5 Å². The van der Waals surface area contributed by atoms with Crippen molar-refractivity contribution in [3.63, 3.8) is 0 Å². The van der Waals surface area contributed by atoms with E-state index in [0.29, 0.717) is 34.0 Å². The molecule has 0 unspecified atom stereocenters. The summed E-state index contributed by atoms with van der Waals surface area (Å²) in [6.45, 7) is -2.88. The van der Waals surface area contributed by atoms with Gasteiger partial charge in [0.1, 0.15) is 5.75 Å². The van der Waals surface area contributed by atoms with E-state index in [-0.39, 0.29) is 5.75 Å². The van der Waals surface area contributed by atoms with Gasteiger partial charge >= 0.3 is 6.61 Å². The van der Waals surface area contributed by atoms with E-state index in [2.05, 4.69) is 25.1 Å². The molecule has 0 spiro atoms. The van der Waals surface area contributed by atoms with E-state index < -0.39 is 6.61 Å². The number of ether oxygens (including phenoxy) is 1. The molecule has 0 radical (unpaired) electrons. The summed E-state index contributed by atoms with van der Waals surface area (Å²) in [5.74, 6) is 7.83. The first kappa shape index (κ1) is 18.4. The average Bonchev–Trinajstić information content (AvgIpc) is 3.41. The number of hydrogen-bond donors (Lipinski definition) is 1. The lowest BCUT2D eigenvalue weighted by atomic mass is 10.2. The maximum Gasteiger partial charge on any atom is 0.387 e. The third kappa shape index (κ3) is 3.97. The van der Waals surface area contributed by atoms with Crippen molar-refractivity contribution in [2.45, 2.75) is 17.5 Å². The van der Waals surface area contributed by atoms with Gasteiger partial charge in [0.2, 0.25) is 16.9 Å². The Morgan fingerprint density at radius 2 is 2.04 bits per heavy atom. The molecular formula is C16H12F2N6O2S2. The summed E-state index contributed by atoms with van der Waals surface area (Å²) in [5, 5.41) is 14.4. The third-order valence-electron chi connectivity index (χ3n) is 3.54. The number of nitrogens with two attached hydrogens (primary N) is 1.